The summed E-state index contributed by atoms with van der Waals surface area (Å²) in [5, 5.41) is 0. The van der Waals surface area contributed by atoms with Crippen molar-refractivity contribution in [2.75, 3.05) is 18.0 Å². The van der Waals surface area contributed by atoms with Crippen molar-refractivity contribution in [1.29, 1.82) is 0 Å². The highest BCUT2D eigenvalue weighted by Gasteiger charge is 2.24. The number of hydrogen-bond acceptors (Lipinski definition) is 2. The van der Waals surface area contributed by atoms with Gasteiger partial charge in [-0.1, -0.05) is 19.1 Å². The van der Waals surface area contributed by atoms with Crippen molar-refractivity contribution in [3.8, 4) is 28.3 Å². The Morgan fingerprint density at radius 2 is 1.84 bits per heavy atom. The van der Waals surface area contributed by atoms with Gasteiger partial charge in [-0.2, -0.15) is 0 Å². The van der Waals surface area contributed by atoms with Gasteiger partial charge in [0.05, 0.1) is 17.1 Å². The van der Waals surface area contributed by atoms with Crippen LogP contribution in [-0.4, -0.2) is 27.2 Å². The van der Waals surface area contributed by atoms with Crippen LogP contribution in [0.25, 0.3) is 28.3 Å². The maximum Gasteiger partial charge on any atom is 0.161 e. The van der Waals surface area contributed by atoms with Gasteiger partial charge in [0.25, 0.3) is 0 Å². The van der Waals surface area contributed by atoms with Crippen LogP contribution in [0.2, 0.25) is 0 Å². The van der Waals surface area contributed by atoms with Gasteiger partial charge in [-0.15, -0.1) is 0 Å². The van der Waals surface area contributed by atoms with E-state index in [0.717, 1.165) is 53.9 Å². The standard InChI is InChI=1S/C27H27FN4/c1-18-4-3-11-30(14-18)24-9-10-25-22(12-24)17-31-16-21(20-5-7-23(28)8-6-20)13-26(31)27-29-19(2)15-32(25)27/h5-10,12-13,15-16,18H,3-4,11,14,17H2,1-2H3. The van der Waals surface area contributed by atoms with Gasteiger partial charge in [-0.05, 0) is 73.2 Å². The number of rotatable bonds is 2. The number of hydrogen-bond donors (Lipinski definition) is 0. The zero-order chi connectivity index (χ0) is 21.8. The average molecular weight is 427 g/mol. The summed E-state index contributed by atoms with van der Waals surface area (Å²) in [4.78, 5) is 7.39. The van der Waals surface area contributed by atoms with Gasteiger partial charge < -0.3 is 9.47 Å². The molecule has 0 N–H and O–H groups in total. The van der Waals surface area contributed by atoms with Crippen molar-refractivity contribution in [2.45, 2.75) is 33.2 Å². The highest BCUT2D eigenvalue weighted by atomic mass is 19.1. The molecule has 6 rings (SSSR count). The van der Waals surface area contributed by atoms with E-state index in [-0.39, 0.29) is 5.82 Å². The molecule has 0 saturated carbocycles. The lowest BCUT2D eigenvalue weighted by Gasteiger charge is -2.33. The van der Waals surface area contributed by atoms with E-state index in [0.29, 0.717) is 0 Å². The van der Waals surface area contributed by atoms with Crippen LogP contribution in [0, 0.1) is 18.7 Å². The molecule has 162 valence electrons. The van der Waals surface area contributed by atoms with Crippen molar-refractivity contribution in [3.63, 3.8) is 0 Å². The summed E-state index contributed by atoms with van der Waals surface area (Å²) in [5.41, 5.74) is 7.97. The Morgan fingerprint density at radius 3 is 2.66 bits per heavy atom. The average Bonchev–Trinajstić information content (AvgIpc) is 3.35. The first-order valence-corrected chi connectivity index (χ1v) is 11.5. The van der Waals surface area contributed by atoms with Gasteiger partial charge in [0, 0.05) is 43.3 Å². The minimum atomic E-state index is -0.214. The van der Waals surface area contributed by atoms with Gasteiger partial charge in [0.1, 0.15) is 5.82 Å². The van der Waals surface area contributed by atoms with E-state index in [1.165, 1.54) is 41.9 Å². The molecule has 2 aliphatic heterocycles. The molecule has 2 aliphatic rings. The molecule has 0 amide bonds. The minimum Gasteiger partial charge on any atom is -0.371 e. The molecule has 4 aromatic rings. The third kappa shape index (κ3) is 3.24. The Bertz CT molecular complexity index is 1300. The van der Waals surface area contributed by atoms with E-state index < -0.39 is 0 Å². The van der Waals surface area contributed by atoms with Gasteiger partial charge >= 0.3 is 0 Å². The molecule has 1 unspecified atom stereocenters. The lowest BCUT2D eigenvalue weighted by Crippen LogP contribution is -2.34. The van der Waals surface area contributed by atoms with E-state index >= 15 is 0 Å². The van der Waals surface area contributed by atoms with Gasteiger partial charge in [-0.25, -0.2) is 9.37 Å². The fourth-order valence-electron chi connectivity index (χ4n) is 5.23. The molecule has 4 nitrogen and oxygen atoms in total. The van der Waals surface area contributed by atoms with Gasteiger partial charge in [-0.3, -0.25) is 4.57 Å². The predicted molar refractivity (Wildman–Crippen MR) is 127 cm³/mol. The van der Waals surface area contributed by atoms with E-state index in [1.54, 1.807) is 0 Å². The fraction of sp³-hybridized carbons (Fsp3) is 0.296. The molecule has 0 spiro atoms. The second-order valence-corrected chi connectivity index (χ2v) is 9.33. The Kier molecular flexibility index (Phi) is 4.46. The van der Waals surface area contributed by atoms with E-state index in [9.17, 15) is 4.39 Å². The molecular weight excluding hydrogens is 399 g/mol. The highest BCUT2D eigenvalue weighted by Crippen LogP contribution is 2.36. The zero-order valence-electron chi connectivity index (χ0n) is 18.6. The summed E-state index contributed by atoms with van der Waals surface area (Å²) in [7, 11) is 0. The van der Waals surface area contributed by atoms with E-state index in [1.807, 2.05) is 19.1 Å². The predicted octanol–water partition coefficient (Wildman–Crippen LogP) is 6.05. The van der Waals surface area contributed by atoms with Crippen LogP contribution in [0.15, 0.2) is 60.9 Å². The Balaban J connectivity index is 1.46. The lowest BCUT2D eigenvalue weighted by molar-refractivity contribution is 0.447. The van der Waals surface area contributed by atoms with Crippen molar-refractivity contribution >= 4 is 5.69 Å². The molecule has 4 heterocycles. The smallest absolute Gasteiger partial charge is 0.161 e. The maximum absolute atomic E-state index is 13.4. The molecular formula is C27H27FN4. The minimum absolute atomic E-state index is 0.214. The number of halogens is 1. The highest BCUT2D eigenvalue weighted by molar-refractivity contribution is 5.72. The largest absolute Gasteiger partial charge is 0.371 e. The van der Waals surface area contributed by atoms with E-state index in [4.69, 9.17) is 4.98 Å². The number of piperidine rings is 1. The van der Waals surface area contributed by atoms with Crippen LogP contribution in [0.1, 0.15) is 31.0 Å². The van der Waals surface area contributed by atoms with Crippen LogP contribution in [-0.2, 0) is 6.54 Å². The first kappa shape index (κ1) is 19.4. The van der Waals surface area contributed by atoms with Crippen molar-refractivity contribution in [1.82, 2.24) is 14.1 Å². The summed E-state index contributed by atoms with van der Waals surface area (Å²) >= 11 is 0. The topological polar surface area (TPSA) is 26.0 Å². The van der Waals surface area contributed by atoms with Crippen molar-refractivity contribution in [2.24, 2.45) is 5.92 Å². The van der Waals surface area contributed by atoms with Crippen LogP contribution in [0.4, 0.5) is 10.1 Å². The molecule has 0 aliphatic carbocycles. The van der Waals surface area contributed by atoms with E-state index in [2.05, 4.69) is 57.6 Å². The molecule has 1 fully saturated rings. The SMILES string of the molecule is Cc1cn2c(n1)-c1cc(-c3ccc(F)cc3)cn1Cc1cc(N3CCCC(C)C3)ccc1-2. The number of fused-ring (bicyclic) bond motifs is 5. The van der Waals surface area contributed by atoms with Crippen molar-refractivity contribution in [3.05, 3.63) is 78.0 Å². The lowest BCUT2D eigenvalue weighted by atomic mass is 9.99. The van der Waals surface area contributed by atoms with Crippen LogP contribution < -0.4 is 4.90 Å². The number of imidazole rings is 1. The molecule has 0 bridgehead atoms. The molecule has 1 atom stereocenters. The summed E-state index contributed by atoms with van der Waals surface area (Å²) in [6.45, 7) is 7.42. The molecule has 32 heavy (non-hydrogen) atoms. The Morgan fingerprint density at radius 1 is 1.00 bits per heavy atom. The Labute approximate surface area is 187 Å². The zero-order valence-corrected chi connectivity index (χ0v) is 18.6. The summed E-state index contributed by atoms with van der Waals surface area (Å²) in [5.74, 6) is 1.47. The Hall–Kier alpha value is -3.34. The van der Waals surface area contributed by atoms with Crippen molar-refractivity contribution < 1.29 is 4.39 Å². The number of aryl methyl sites for hydroxylation is 1. The quantitative estimate of drug-likeness (QED) is 0.343. The second kappa shape index (κ2) is 7.37. The third-order valence-electron chi connectivity index (χ3n) is 6.82. The van der Waals surface area contributed by atoms with Crippen LogP contribution >= 0.6 is 0 Å². The third-order valence-corrected chi connectivity index (χ3v) is 6.82. The first-order chi connectivity index (χ1) is 15.5. The molecule has 0 radical (unpaired) electrons. The molecule has 1 saturated heterocycles. The van der Waals surface area contributed by atoms with Crippen LogP contribution in [0.3, 0.4) is 0 Å². The number of nitrogens with zero attached hydrogens (tertiary/aromatic N) is 4. The second-order valence-electron chi connectivity index (χ2n) is 9.33. The summed E-state index contributed by atoms with van der Waals surface area (Å²) in [6, 6.07) is 15.8. The molecule has 2 aromatic carbocycles. The fourth-order valence-corrected chi connectivity index (χ4v) is 5.23. The summed E-state index contributed by atoms with van der Waals surface area (Å²) < 4.78 is 17.9. The molecule has 5 heteroatoms. The molecule has 2 aromatic heterocycles. The van der Waals surface area contributed by atoms with Gasteiger partial charge in [0.2, 0.25) is 0 Å². The maximum atomic E-state index is 13.4. The summed E-state index contributed by atoms with van der Waals surface area (Å²) in [6.07, 6.45) is 6.86. The first-order valence-electron chi connectivity index (χ1n) is 11.5. The number of anilines is 1. The van der Waals surface area contributed by atoms with Crippen LogP contribution in [0.5, 0.6) is 0 Å². The monoisotopic (exact) mass is 426 g/mol. The normalized spacial score (nSPS) is 17.5. The number of benzene rings is 2. The number of aromatic nitrogens is 3. The van der Waals surface area contributed by atoms with Gasteiger partial charge in [0.15, 0.2) is 5.82 Å².